The highest BCUT2D eigenvalue weighted by Crippen LogP contribution is 2.25. The van der Waals surface area contributed by atoms with Crippen LogP contribution in [0.1, 0.15) is 23.2 Å². The Bertz CT molecular complexity index is 776. The molecular formula is C22H29N3O2S. The second kappa shape index (κ2) is 10.4. The number of thioether (sulfide) groups is 1. The number of para-hydroxylation sites is 1. The zero-order valence-electron chi connectivity index (χ0n) is 16.6. The minimum Gasteiger partial charge on any atom is -0.496 e. The molecule has 0 aromatic heterocycles. The Morgan fingerprint density at radius 3 is 2.71 bits per heavy atom. The van der Waals surface area contributed by atoms with E-state index in [1.54, 1.807) is 19.2 Å². The van der Waals surface area contributed by atoms with Crippen molar-refractivity contribution >= 4 is 29.0 Å². The molecule has 28 heavy (non-hydrogen) atoms. The molecule has 0 unspecified atom stereocenters. The van der Waals surface area contributed by atoms with E-state index in [4.69, 9.17) is 4.74 Å². The molecule has 2 aromatic carbocycles. The molecule has 1 fully saturated rings. The molecule has 5 nitrogen and oxygen atoms in total. The minimum absolute atomic E-state index is 0.161. The Morgan fingerprint density at radius 2 is 1.96 bits per heavy atom. The largest absolute Gasteiger partial charge is 0.496 e. The van der Waals surface area contributed by atoms with E-state index in [0.717, 1.165) is 49.6 Å². The van der Waals surface area contributed by atoms with Crippen molar-refractivity contribution < 1.29 is 9.53 Å². The zero-order valence-corrected chi connectivity index (χ0v) is 17.4. The van der Waals surface area contributed by atoms with Crippen LogP contribution in [0.5, 0.6) is 5.75 Å². The zero-order chi connectivity index (χ0) is 19.8. The van der Waals surface area contributed by atoms with Gasteiger partial charge in [-0.15, -0.1) is 0 Å². The van der Waals surface area contributed by atoms with E-state index in [2.05, 4.69) is 33.9 Å². The third-order valence-corrected chi connectivity index (χ3v) is 5.67. The van der Waals surface area contributed by atoms with Gasteiger partial charge in [0.15, 0.2) is 0 Å². The summed E-state index contributed by atoms with van der Waals surface area (Å²) >= 11 is 1.88. The summed E-state index contributed by atoms with van der Waals surface area (Å²) in [5.41, 5.74) is 2.49. The van der Waals surface area contributed by atoms with Crippen molar-refractivity contribution in [2.45, 2.75) is 18.9 Å². The molecule has 3 rings (SSSR count). The lowest BCUT2D eigenvalue weighted by Gasteiger charge is -2.34. The molecular weight excluding hydrogens is 370 g/mol. The van der Waals surface area contributed by atoms with Gasteiger partial charge in [-0.1, -0.05) is 18.2 Å². The summed E-state index contributed by atoms with van der Waals surface area (Å²) < 4.78 is 5.29. The molecule has 0 atom stereocenters. The number of methoxy groups -OCH3 is 1. The number of amides is 1. The second-order valence-electron chi connectivity index (χ2n) is 6.91. The van der Waals surface area contributed by atoms with Crippen molar-refractivity contribution in [2.75, 3.05) is 49.0 Å². The fourth-order valence-electron chi connectivity index (χ4n) is 3.52. The number of hydrogen-bond acceptors (Lipinski definition) is 5. The Labute approximate surface area is 171 Å². The van der Waals surface area contributed by atoms with E-state index in [1.807, 2.05) is 36.0 Å². The van der Waals surface area contributed by atoms with E-state index in [-0.39, 0.29) is 5.91 Å². The standard InChI is InChI=1S/C22H29N3O2S/c1-27-21-9-4-3-8-20(21)22(26)24-18-6-5-7-19(16-18)25-13-10-17(11-14-25)23-12-15-28-2/h3-9,16-17,23H,10-15H2,1-2H3,(H,24,26). The van der Waals surface area contributed by atoms with Gasteiger partial charge in [0.25, 0.3) is 5.91 Å². The summed E-state index contributed by atoms with van der Waals surface area (Å²) in [5, 5.41) is 6.64. The van der Waals surface area contributed by atoms with Crippen LogP contribution in [0.4, 0.5) is 11.4 Å². The predicted octanol–water partition coefficient (Wildman–Crippen LogP) is 3.87. The summed E-state index contributed by atoms with van der Waals surface area (Å²) in [6.45, 7) is 3.14. The molecule has 0 aliphatic carbocycles. The molecule has 1 saturated heterocycles. The first-order valence-corrected chi connectivity index (χ1v) is 11.1. The topological polar surface area (TPSA) is 53.6 Å². The molecule has 6 heteroatoms. The Hall–Kier alpha value is -2.18. The third kappa shape index (κ3) is 5.42. The van der Waals surface area contributed by atoms with E-state index in [0.29, 0.717) is 17.4 Å². The van der Waals surface area contributed by atoms with Gasteiger partial charge in [-0.25, -0.2) is 0 Å². The molecule has 1 amide bonds. The Kier molecular flexibility index (Phi) is 7.62. The number of piperidine rings is 1. The lowest BCUT2D eigenvalue weighted by atomic mass is 10.0. The molecule has 2 aromatic rings. The number of nitrogens with one attached hydrogen (secondary N) is 2. The second-order valence-corrected chi connectivity index (χ2v) is 7.90. The molecule has 0 saturated carbocycles. The highest BCUT2D eigenvalue weighted by atomic mass is 32.2. The molecule has 1 aliphatic heterocycles. The lowest BCUT2D eigenvalue weighted by molar-refractivity contribution is 0.102. The van der Waals surface area contributed by atoms with Crippen molar-refractivity contribution in [2.24, 2.45) is 0 Å². The van der Waals surface area contributed by atoms with Gasteiger partial charge in [-0.2, -0.15) is 11.8 Å². The van der Waals surface area contributed by atoms with Crippen molar-refractivity contribution in [3.63, 3.8) is 0 Å². The number of hydrogen-bond donors (Lipinski definition) is 2. The van der Waals surface area contributed by atoms with Gasteiger partial charge in [0, 0.05) is 42.8 Å². The van der Waals surface area contributed by atoms with Gasteiger partial charge >= 0.3 is 0 Å². The number of rotatable bonds is 8. The maximum absolute atomic E-state index is 12.6. The molecule has 0 spiro atoms. The van der Waals surface area contributed by atoms with Gasteiger partial charge < -0.3 is 20.3 Å². The SMILES string of the molecule is COc1ccccc1C(=O)Nc1cccc(N2CCC(NCCSC)CC2)c1. The van der Waals surface area contributed by atoms with Crippen molar-refractivity contribution in [1.29, 1.82) is 0 Å². The molecule has 150 valence electrons. The van der Waals surface area contributed by atoms with Crippen LogP contribution in [-0.4, -0.2) is 50.7 Å². The summed E-state index contributed by atoms with van der Waals surface area (Å²) in [5.74, 6) is 1.58. The van der Waals surface area contributed by atoms with Gasteiger partial charge in [0.1, 0.15) is 5.75 Å². The van der Waals surface area contributed by atoms with Gasteiger partial charge in [0.05, 0.1) is 12.7 Å². The van der Waals surface area contributed by atoms with Crippen LogP contribution in [0.3, 0.4) is 0 Å². The van der Waals surface area contributed by atoms with Crippen LogP contribution in [0.2, 0.25) is 0 Å². The molecule has 2 N–H and O–H groups in total. The van der Waals surface area contributed by atoms with E-state index >= 15 is 0 Å². The maximum atomic E-state index is 12.6. The summed E-state index contributed by atoms with van der Waals surface area (Å²) in [6.07, 6.45) is 4.43. The number of carbonyl (C=O) groups is 1. The van der Waals surface area contributed by atoms with Gasteiger partial charge in [-0.3, -0.25) is 4.79 Å². The summed E-state index contributed by atoms with van der Waals surface area (Å²) in [4.78, 5) is 15.0. The lowest BCUT2D eigenvalue weighted by Crippen LogP contribution is -2.43. The molecule has 1 heterocycles. The summed E-state index contributed by atoms with van der Waals surface area (Å²) in [6, 6.07) is 16.0. The predicted molar refractivity (Wildman–Crippen MR) is 119 cm³/mol. The Balaban J connectivity index is 1.59. The minimum atomic E-state index is -0.161. The fourth-order valence-corrected chi connectivity index (χ4v) is 3.84. The quantitative estimate of drug-likeness (QED) is 0.660. The number of nitrogens with zero attached hydrogens (tertiary/aromatic N) is 1. The molecule has 0 bridgehead atoms. The molecule has 1 aliphatic rings. The highest BCUT2D eigenvalue weighted by Gasteiger charge is 2.19. The normalized spacial score (nSPS) is 14.7. The van der Waals surface area contributed by atoms with Crippen LogP contribution < -0.4 is 20.3 Å². The van der Waals surface area contributed by atoms with Crippen molar-refractivity contribution in [3.05, 3.63) is 54.1 Å². The van der Waals surface area contributed by atoms with Gasteiger partial charge in [-0.05, 0) is 49.4 Å². The third-order valence-electron chi connectivity index (χ3n) is 5.05. The maximum Gasteiger partial charge on any atom is 0.259 e. The number of benzene rings is 2. The average Bonchev–Trinajstić information content (AvgIpc) is 2.74. The van der Waals surface area contributed by atoms with E-state index in [9.17, 15) is 4.79 Å². The summed E-state index contributed by atoms with van der Waals surface area (Å²) in [7, 11) is 1.58. The van der Waals surface area contributed by atoms with Crippen molar-refractivity contribution in [1.82, 2.24) is 5.32 Å². The van der Waals surface area contributed by atoms with Crippen LogP contribution in [0.25, 0.3) is 0 Å². The van der Waals surface area contributed by atoms with Crippen LogP contribution in [0.15, 0.2) is 48.5 Å². The fraction of sp³-hybridized carbons (Fsp3) is 0.409. The Morgan fingerprint density at radius 1 is 1.18 bits per heavy atom. The van der Waals surface area contributed by atoms with Crippen LogP contribution >= 0.6 is 11.8 Å². The first-order valence-electron chi connectivity index (χ1n) is 9.73. The number of ether oxygens (including phenoxy) is 1. The monoisotopic (exact) mass is 399 g/mol. The van der Waals surface area contributed by atoms with Crippen molar-refractivity contribution in [3.8, 4) is 5.75 Å². The number of carbonyl (C=O) groups excluding carboxylic acids is 1. The van der Waals surface area contributed by atoms with Gasteiger partial charge in [0.2, 0.25) is 0 Å². The number of anilines is 2. The molecule has 0 radical (unpaired) electrons. The highest BCUT2D eigenvalue weighted by molar-refractivity contribution is 7.98. The van der Waals surface area contributed by atoms with E-state index in [1.165, 1.54) is 0 Å². The average molecular weight is 400 g/mol. The smallest absolute Gasteiger partial charge is 0.259 e. The first-order chi connectivity index (χ1) is 13.7. The van der Waals surface area contributed by atoms with E-state index < -0.39 is 0 Å². The first kappa shape index (κ1) is 20.6. The van der Waals surface area contributed by atoms with Crippen LogP contribution in [0, 0.1) is 0 Å². The van der Waals surface area contributed by atoms with Crippen LogP contribution in [-0.2, 0) is 0 Å².